The molecule has 1 aliphatic carbocycles. The van der Waals surface area contributed by atoms with Crippen LogP contribution in [0.2, 0.25) is 0 Å². The van der Waals surface area contributed by atoms with Crippen LogP contribution in [-0.2, 0) is 9.53 Å². The highest BCUT2D eigenvalue weighted by Crippen LogP contribution is 2.30. The summed E-state index contributed by atoms with van der Waals surface area (Å²) in [6.45, 7) is 4.40. The topological polar surface area (TPSA) is 64.3 Å². The molecule has 0 aromatic heterocycles. The Morgan fingerprint density at radius 2 is 2.29 bits per heavy atom. The van der Waals surface area contributed by atoms with Crippen molar-refractivity contribution in [2.24, 2.45) is 17.7 Å². The molecule has 0 aliphatic heterocycles. The Labute approximate surface area is 85.2 Å². The van der Waals surface area contributed by atoms with Crippen molar-refractivity contribution >= 4 is 5.97 Å². The normalized spacial score (nSPS) is 32.6. The number of carbonyl (C=O) groups excluding carboxylic acids is 1. The highest BCUT2D eigenvalue weighted by Gasteiger charge is 2.32. The molecule has 3 N–H and O–H groups in total. The Morgan fingerprint density at radius 1 is 1.57 bits per heavy atom. The Balaban J connectivity index is 2.45. The first kappa shape index (κ1) is 11.5. The summed E-state index contributed by atoms with van der Waals surface area (Å²) in [5.41, 5.74) is 2.77. The summed E-state index contributed by atoms with van der Waals surface area (Å²) < 4.78 is 5.03. The van der Waals surface area contributed by atoms with Gasteiger partial charge in [0.05, 0.1) is 12.5 Å². The summed E-state index contributed by atoms with van der Waals surface area (Å²) in [4.78, 5) is 11.5. The second-order valence-corrected chi connectivity index (χ2v) is 4.01. The standard InChI is InChI=1S/C10H20N2O2/c1-3-14-10(13)9-5-4-8(12-11)6-7(9)2/h7-9,12H,3-6,11H2,1-2H3. The van der Waals surface area contributed by atoms with Crippen LogP contribution in [0.3, 0.4) is 0 Å². The van der Waals surface area contributed by atoms with Crippen LogP contribution in [-0.4, -0.2) is 18.6 Å². The second kappa shape index (κ2) is 5.32. The molecule has 1 aliphatic rings. The fourth-order valence-corrected chi connectivity index (χ4v) is 2.15. The highest BCUT2D eigenvalue weighted by molar-refractivity contribution is 5.72. The van der Waals surface area contributed by atoms with Gasteiger partial charge in [-0.2, -0.15) is 0 Å². The lowest BCUT2D eigenvalue weighted by molar-refractivity contribution is -0.151. The minimum atomic E-state index is -0.0459. The molecule has 4 nitrogen and oxygen atoms in total. The molecule has 1 fully saturated rings. The summed E-state index contributed by atoms with van der Waals surface area (Å²) >= 11 is 0. The van der Waals surface area contributed by atoms with Gasteiger partial charge in [-0.3, -0.25) is 16.1 Å². The molecule has 3 atom stereocenters. The van der Waals surface area contributed by atoms with Crippen LogP contribution in [0.5, 0.6) is 0 Å². The van der Waals surface area contributed by atoms with Crippen LogP contribution in [0.25, 0.3) is 0 Å². The minimum absolute atomic E-state index is 0.0459. The molecule has 4 heteroatoms. The van der Waals surface area contributed by atoms with E-state index in [1.165, 1.54) is 0 Å². The maximum Gasteiger partial charge on any atom is 0.309 e. The van der Waals surface area contributed by atoms with Crippen LogP contribution in [0.4, 0.5) is 0 Å². The van der Waals surface area contributed by atoms with E-state index < -0.39 is 0 Å². The molecule has 0 spiro atoms. The number of nitrogens with one attached hydrogen (secondary N) is 1. The third-order valence-corrected chi connectivity index (χ3v) is 2.99. The summed E-state index contributed by atoms with van der Waals surface area (Å²) in [6, 6.07) is 0.357. The number of hydrogen-bond acceptors (Lipinski definition) is 4. The van der Waals surface area contributed by atoms with E-state index in [9.17, 15) is 4.79 Å². The van der Waals surface area contributed by atoms with Crippen molar-refractivity contribution in [2.45, 2.75) is 39.2 Å². The molecule has 0 aromatic carbocycles. The number of hydrogen-bond donors (Lipinski definition) is 2. The van der Waals surface area contributed by atoms with E-state index in [0.717, 1.165) is 19.3 Å². The quantitative estimate of drug-likeness (QED) is 0.402. The van der Waals surface area contributed by atoms with Gasteiger partial charge in [-0.05, 0) is 32.1 Å². The Morgan fingerprint density at radius 3 is 2.79 bits per heavy atom. The summed E-state index contributed by atoms with van der Waals surface area (Å²) in [7, 11) is 0. The van der Waals surface area contributed by atoms with Crippen LogP contribution in [0.15, 0.2) is 0 Å². The third kappa shape index (κ3) is 2.69. The third-order valence-electron chi connectivity index (χ3n) is 2.99. The van der Waals surface area contributed by atoms with Crippen LogP contribution >= 0.6 is 0 Å². The van der Waals surface area contributed by atoms with Crippen LogP contribution in [0.1, 0.15) is 33.1 Å². The zero-order chi connectivity index (χ0) is 10.6. The van der Waals surface area contributed by atoms with Crippen molar-refractivity contribution in [2.75, 3.05) is 6.61 Å². The van der Waals surface area contributed by atoms with Crippen molar-refractivity contribution in [1.82, 2.24) is 5.43 Å². The molecule has 0 aromatic rings. The molecule has 1 saturated carbocycles. The SMILES string of the molecule is CCOC(=O)C1CCC(NN)CC1C. The molecule has 0 heterocycles. The van der Waals surface area contributed by atoms with Crippen LogP contribution in [0, 0.1) is 11.8 Å². The monoisotopic (exact) mass is 200 g/mol. The molecule has 0 saturated heterocycles. The predicted octanol–water partition coefficient (Wildman–Crippen LogP) is 0.818. The lowest BCUT2D eigenvalue weighted by Gasteiger charge is -2.32. The van der Waals surface area contributed by atoms with Crippen LogP contribution < -0.4 is 11.3 Å². The van der Waals surface area contributed by atoms with Gasteiger partial charge in [-0.25, -0.2) is 0 Å². The van der Waals surface area contributed by atoms with E-state index in [1.807, 2.05) is 6.92 Å². The first-order valence-electron chi connectivity index (χ1n) is 5.31. The van der Waals surface area contributed by atoms with Crippen molar-refractivity contribution in [3.05, 3.63) is 0 Å². The first-order chi connectivity index (χ1) is 6.69. The largest absolute Gasteiger partial charge is 0.466 e. The molecule has 14 heavy (non-hydrogen) atoms. The summed E-state index contributed by atoms with van der Waals surface area (Å²) in [5, 5.41) is 0. The number of hydrazine groups is 1. The van der Waals surface area contributed by atoms with E-state index in [1.54, 1.807) is 0 Å². The van der Waals surface area contributed by atoms with Gasteiger partial charge in [0, 0.05) is 6.04 Å². The first-order valence-corrected chi connectivity index (χ1v) is 5.31. The number of carbonyl (C=O) groups is 1. The van der Waals surface area contributed by atoms with Crippen molar-refractivity contribution in [1.29, 1.82) is 0 Å². The lowest BCUT2D eigenvalue weighted by atomic mass is 9.78. The molecule has 0 bridgehead atoms. The maximum atomic E-state index is 11.5. The number of ether oxygens (including phenoxy) is 1. The van der Waals surface area contributed by atoms with Gasteiger partial charge in [-0.15, -0.1) is 0 Å². The van der Waals surface area contributed by atoms with Crippen molar-refractivity contribution in [3.63, 3.8) is 0 Å². The number of rotatable bonds is 3. The van der Waals surface area contributed by atoms with E-state index in [0.29, 0.717) is 18.6 Å². The van der Waals surface area contributed by atoms with Crippen molar-refractivity contribution in [3.8, 4) is 0 Å². The summed E-state index contributed by atoms with van der Waals surface area (Å²) in [6.07, 6.45) is 2.80. The average Bonchev–Trinajstić information content (AvgIpc) is 2.17. The van der Waals surface area contributed by atoms with E-state index in [-0.39, 0.29) is 11.9 Å². The van der Waals surface area contributed by atoms with Crippen molar-refractivity contribution < 1.29 is 9.53 Å². The van der Waals surface area contributed by atoms with E-state index in [4.69, 9.17) is 10.6 Å². The molecule has 1 rings (SSSR count). The predicted molar refractivity (Wildman–Crippen MR) is 54.2 cm³/mol. The van der Waals surface area contributed by atoms with Gasteiger partial charge in [0.1, 0.15) is 0 Å². The Bertz CT molecular complexity index is 197. The smallest absolute Gasteiger partial charge is 0.309 e. The highest BCUT2D eigenvalue weighted by atomic mass is 16.5. The molecule has 82 valence electrons. The van der Waals surface area contributed by atoms with Gasteiger partial charge < -0.3 is 4.74 Å². The fraction of sp³-hybridized carbons (Fsp3) is 0.900. The zero-order valence-electron chi connectivity index (χ0n) is 8.95. The van der Waals surface area contributed by atoms with Gasteiger partial charge in [0.25, 0.3) is 0 Å². The molecular weight excluding hydrogens is 180 g/mol. The van der Waals surface area contributed by atoms with Gasteiger partial charge in [0.15, 0.2) is 0 Å². The maximum absolute atomic E-state index is 11.5. The van der Waals surface area contributed by atoms with Gasteiger partial charge >= 0.3 is 5.97 Å². The fourth-order valence-electron chi connectivity index (χ4n) is 2.15. The Hall–Kier alpha value is -0.610. The number of esters is 1. The summed E-state index contributed by atoms with van der Waals surface area (Å²) in [5.74, 6) is 5.77. The van der Waals surface area contributed by atoms with E-state index >= 15 is 0 Å². The number of nitrogens with two attached hydrogens (primary N) is 1. The van der Waals surface area contributed by atoms with Gasteiger partial charge in [0.2, 0.25) is 0 Å². The van der Waals surface area contributed by atoms with E-state index in [2.05, 4.69) is 12.3 Å². The second-order valence-electron chi connectivity index (χ2n) is 4.01. The van der Waals surface area contributed by atoms with Gasteiger partial charge in [-0.1, -0.05) is 6.92 Å². The molecular formula is C10H20N2O2. The average molecular weight is 200 g/mol. The Kier molecular flexibility index (Phi) is 4.35. The zero-order valence-corrected chi connectivity index (χ0v) is 8.95. The lowest BCUT2D eigenvalue weighted by Crippen LogP contribution is -2.42. The minimum Gasteiger partial charge on any atom is -0.466 e. The molecule has 3 unspecified atom stereocenters. The molecule has 0 radical (unpaired) electrons. The molecule has 0 amide bonds.